The number of fused-ring (bicyclic) bond motifs is 1. The minimum Gasteiger partial charge on any atom is -0.313 e. The summed E-state index contributed by atoms with van der Waals surface area (Å²) in [4.78, 5) is 4.08. The lowest BCUT2D eigenvalue weighted by atomic mass is 9.97. The van der Waals surface area contributed by atoms with Crippen LogP contribution in [-0.2, 0) is 19.3 Å². The standard InChI is InChI=1S/C35H44N2S/c1-27(2)26-36-21-7-9-28-17-19-31(20-18-28)35-33(32-11-3-4-12-34(32)38-35)25-30-15-13-29(14-16-30)10-8-24-37-22-5-6-23-37/h11-20,36H,1,3-10,21-26H2,2H3. The van der Waals surface area contributed by atoms with Crippen molar-refractivity contribution in [1.29, 1.82) is 0 Å². The zero-order valence-electron chi connectivity index (χ0n) is 23.2. The molecule has 1 N–H and O–H groups in total. The van der Waals surface area contributed by atoms with Gasteiger partial charge in [-0.15, -0.1) is 11.3 Å². The lowest BCUT2D eigenvalue weighted by Crippen LogP contribution is -2.24. The average molecular weight is 525 g/mol. The van der Waals surface area contributed by atoms with Gasteiger partial charge in [0.15, 0.2) is 0 Å². The second kappa shape index (κ2) is 13.6. The maximum atomic E-state index is 3.97. The SMILES string of the molecule is C=C(C)CNCCCc1ccc(-c2sc3c(c2Cc2ccc(CCCN4CCCC4)cc2)=CCCC=3)cc1. The molecule has 1 saturated heterocycles. The minimum absolute atomic E-state index is 0.917. The molecule has 2 nitrogen and oxygen atoms in total. The maximum Gasteiger partial charge on any atom is 0.0390 e. The van der Waals surface area contributed by atoms with E-state index in [-0.39, 0.29) is 0 Å². The van der Waals surface area contributed by atoms with Gasteiger partial charge >= 0.3 is 0 Å². The van der Waals surface area contributed by atoms with Gasteiger partial charge in [0, 0.05) is 16.0 Å². The fraction of sp³-hybridized carbons (Fsp3) is 0.429. The predicted octanol–water partition coefficient (Wildman–Crippen LogP) is 6.49. The van der Waals surface area contributed by atoms with Gasteiger partial charge in [-0.1, -0.05) is 72.8 Å². The van der Waals surface area contributed by atoms with Crippen molar-refractivity contribution >= 4 is 23.5 Å². The van der Waals surface area contributed by atoms with Crippen molar-refractivity contribution in [3.8, 4) is 10.4 Å². The van der Waals surface area contributed by atoms with E-state index < -0.39 is 0 Å². The van der Waals surface area contributed by atoms with E-state index in [1.54, 1.807) is 0 Å². The zero-order valence-corrected chi connectivity index (χ0v) is 24.1. The van der Waals surface area contributed by atoms with Gasteiger partial charge in [-0.3, -0.25) is 0 Å². The third-order valence-electron chi connectivity index (χ3n) is 7.93. The van der Waals surface area contributed by atoms with E-state index in [1.165, 1.54) is 93.3 Å². The number of rotatable bonds is 13. The van der Waals surface area contributed by atoms with Gasteiger partial charge < -0.3 is 10.2 Å². The molecule has 38 heavy (non-hydrogen) atoms. The van der Waals surface area contributed by atoms with Crippen LogP contribution in [0.5, 0.6) is 0 Å². The first-order chi connectivity index (χ1) is 18.7. The van der Waals surface area contributed by atoms with E-state index in [0.717, 1.165) is 45.2 Å². The molecule has 0 spiro atoms. The first kappa shape index (κ1) is 27.1. The van der Waals surface area contributed by atoms with E-state index in [9.17, 15) is 0 Å². The van der Waals surface area contributed by atoms with E-state index in [2.05, 4.69) is 84.4 Å². The zero-order chi connectivity index (χ0) is 26.2. The summed E-state index contributed by atoms with van der Waals surface area (Å²) in [5.74, 6) is 0. The van der Waals surface area contributed by atoms with Gasteiger partial charge in [0.25, 0.3) is 0 Å². The molecule has 0 amide bonds. The highest BCUT2D eigenvalue weighted by atomic mass is 32.1. The molecule has 3 aromatic rings. The normalized spacial score (nSPS) is 15.2. The lowest BCUT2D eigenvalue weighted by Gasteiger charge is -2.14. The first-order valence-electron chi connectivity index (χ1n) is 14.7. The molecule has 1 aliphatic carbocycles. The molecule has 0 saturated carbocycles. The summed E-state index contributed by atoms with van der Waals surface area (Å²) >= 11 is 1.98. The molecule has 0 unspecified atom stereocenters. The number of nitrogens with one attached hydrogen (secondary N) is 1. The average Bonchev–Trinajstić information content (AvgIpc) is 3.58. The van der Waals surface area contributed by atoms with Gasteiger partial charge in [0.05, 0.1) is 0 Å². The Hall–Kier alpha value is -2.46. The summed E-state index contributed by atoms with van der Waals surface area (Å²) in [7, 11) is 0. The molecule has 2 heterocycles. The van der Waals surface area contributed by atoms with Crippen LogP contribution in [0.2, 0.25) is 0 Å². The highest BCUT2D eigenvalue weighted by Gasteiger charge is 2.14. The summed E-state index contributed by atoms with van der Waals surface area (Å²) in [6.45, 7) is 11.9. The van der Waals surface area contributed by atoms with E-state index in [4.69, 9.17) is 0 Å². The molecule has 1 aliphatic heterocycles. The fourth-order valence-electron chi connectivity index (χ4n) is 5.81. The lowest BCUT2D eigenvalue weighted by molar-refractivity contribution is 0.334. The second-order valence-corrected chi connectivity index (χ2v) is 12.3. The Balaban J connectivity index is 1.25. The summed E-state index contributed by atoms with van der Waals surface area (Å²) in [6.07, 6.45) is 15.8. The first-order valence-corrected chi connectivity index (χ1v) is 15.5. The molecular weight excluding hydrogens is 480 g/mol. The highest BCUT2D eigenvalue weighted by molar-refractivity contribution is 7.13. The Morgan fingerprint density at radius 3 is 2.26 bits per heavy atom. The van der Waals surface area contributed by atoms with Crippen LogP contribution in [0.25, 0.3) is 22.6 Å². The van der Waals surface area contributed by atoms with Gasteiger partial charge in [0.2, 0.25) is 0 Å². The van der Waals surface area contributed by atoms with E-state index in [1.807, 2.05) is 11.3 Å². The second-order valence-electron chi connectivity index (χ2n) is 11.3. The van der Waals surface area contributed by atoms with Crippen LogP contribution in [0.4, 0.5) is 0 Å². The van der Waals surface area contributed by atoms with E-state index in [0.29, 0.717) is 0 Å². The summed E-state index contributed by atoms with van der Waals surface area (Å²) in [5, 5.41) is 4.95. The van der Waals surface area contributed by atoms with Crippen LogP contribution in [0.15, 0.2) is 60.7 Å². The monoisotopic (exact) mass is 524 g/mol. The summed E-state index contributed by atoms with van der Waals surface area (Å²) < 4.78 is 1.47. The van der Waals surface area contributed by atoms with Crippen LogP contribution in [0.3, 0.4) is 0 Å². The molecule has 2 aliphatic rings. The Bertz CT molecular complexity index is 1310. The summed E-state index contributed by atoms with van der Waals surface area (Å²) in [6, 6.07) is 18.8. The van der Waals surface area contributed by atoms with Gasteiger partial charge in [-0.2, -0.15) is 0 Å². The molecular formula is C35H44N2S. The number of nitrogens with zero attached hydrogens (tertiary/aromatic N) is 1. The van der Waals surface area contributed by atoms with Crippen LogP contribution >= 0.6 is 11.3 Å². The molecule has 5 rings (SSSR count). The van der Waals surface area contributed by atoms with E-state index >= 15 is 0 Å². The predicted molar refractivity (Wildman–Crippen MR) is 166 cm³/mol. The number of hydrogen-bond acceptors (Lipinski definition) is 3. The third-order valence-corrected chi connectivity index (χ3v) is 9.22. The van der Waals surface area contributed by atoms with Gasteiger partial charge in [-0.25, -0.2) is 0 Å². The molecule has 0 bridgehead atoms. The molecule has 0 radical (unpaired) electrons. The maximum absolute atomic E-state index is 3.97. The number of hydrogen-bond donors (Lipinski definition) is 1. The Morgan fingerprint density at radius 2 is 1.53 bits per heavy atom. The Morgan fingerprint density at radius 1 is 0.868 bits per heavy atom. The van der Waals surface area contributed by atoms with Gasteiger partial charge in [0.1, 0.15) is 0 Å². The topological polar surface area (TPSA) is 15.3 Å². The summed E-state index contributed by atoms with van der Waals surface area (Å²) in [5.41, 5.74) is 8.40. The molecule has 1 fully saturated rings. The number of benzene rings is 2. The number of likely N-dealkylation sites (tertiary alicyclic amines) is 1. The van der Waals surface area contributed by atoms with Crippen molar-refractivity contribution < 1.29 is 0 Å². The van der Waals surface area contributed by atoms with Crippen molar-refractivity contribution in [3.63, 3.8) is 0 Å². The Kier molecular flexibility index (Phi) is 9.67. The fourth-order valence-corrected chi connectivity index (χ4v) is 7.10. The molecule has 0 atom stereocenters. The van der Waals surface area contributed by atoms with Crippen LogP contribution in [0.1, 0.15) is 67.7 Å². The number of aryl methyl sites for hydroxylation is 2. The molecule has 200 valence electrons. The van der Waals surface area contributed by atoms with Crippen molar-refractivity contribution in [2.24, 2.45) is 0 Å². The van der Waals surface area contributed by atoms with Crippen molar-refractivity contribution in [1.82, 2.24) is 10.2 Å². The quantitative estimate of drug-likeness (QED) is 0.203. The van der Waals surface area contributed by atoms with Crippen molar-refractivity contribution in [2.75, 3.05) is 32.7 Å². The smallest absolute Gasteiger partial charge is 0.0390 e. The minimum atomic E-state index is 0.917. The van der Waals surface area contributed by atoms with Crippen LogP contribution in [0, 0.1) is 0 Å². The molecule has 2 aromatic carbocycles. The third kappa shape index (κ3) is 7.34. The molecule has 1 aromatic heterocycles. The highest BCUT2D eigenvalue weighted by Crippen LogP contribution is 2.28. The van der Waals surface area contributed by atoms with Crippen LogP contribution in [-0.4, -0.2) is 37.6 Å². The van der Waals surface area contributed by atoms with Crippen molar-refractivity contribution in [2.45, 2.75) is 64.7 Å². The van der Waals surface area contributed by atoms with Gasteiger partial charge in [-0.05, 0) is 124 Å². The number of thiophene rings is 1. The van der Waals surface area contributed by atoms with Crippen LogP contribution < -0.4 is 15.1 Å². The van der Waals surface area contributed by atoms with Crippen molar-refractivity contribution in [3.05, 3.63) is 92.7 Å². The molecule has 3 heteroatoms. The largest absolute Gasteiger partial charge is 0.313 e. The Labute approximate surface area is 233 Å².